The summed E-state index contributed by atoms with van der Waals surface area (Å²) in [5.41, 5.74) is 5.06. The first-order chi connectivity index (χ1) is 16.9. The van der Waals surface area contributed by atoms with Gasteiger partial charge in [0.1, 0.15) is 11.5 Å². The molecule has 2 saturated heterocycles. The molecule has 2 aromatic carbocycles. The minimum absolute atomic E-state index is 0.0679. The predicted octanol–water partition coefficient (Wildman–Crippen LogP) is 4.20. The van der Waals surface area contributed by atoms with Crippen molar-refractivity contribution in [2.45, 2.75) is 32.6 Å². The zero-order valence-corrected chi connectivity index (χ0v) is 20.2. The summed E-state index contributed by atoms with van der Waals surface area (Å²) in [5.74, 6) is -1.34. The van der Waals surface area contributed by atoms with E-state index in [1.54, 1.807) is 6.20 Å². The van der Waals surface area contributed by atoms with Crippen molar-refractivity contribution in [1.29, 1.82) is 0 Å². The molecule has 2 fully saturated rings. The highest BCUT2D eigenvalue weighted by Crippen LogP contribution is 2.32. The minimum Gasteiger partial charge on any atom is -0.368 e. The maximum atomic E-state index is 14.7. The molecule has 0 unspecified atom stereocenters. The number of piperidine rings is 1. The van der Waals surface area contributed by atoms with Crippen molar-refractivity contribution in [3.8, 4) is 5.69 Å². The van der Waals surface area contributed by atoms with Gasteiger partial charge in [-0.15, -0.1) is 0 Å². The summed E-state index contributed by atoms with van der Waals surface area (Å²) in [7, 11) is 0. The number of hydrogen-bond acceptors (Lipinski definition) is 4. The minimum atomic E-state index is -0.690. The van der Waals surface area contributed by atoms with E-state index in [-0.39, 0.29) is 17.5 Å². The van der Waals surface area contributed by atoms with Gasteiger partial charge in [-0.25, -0.2) is 13.5 Å². The van der Waals surface area contributed by atoms with Crippen LogP contribution in [0.15, 0.2) is 42.6 Å². The second kappa shape index (κ2) is 9.77. The maximum Gasteiger partial charge on any atom is 0.257 e. The lowest BCUT2D eigenvalue weighted by Crippen LogP contribution is -2.49. The first-order valence-electron chi connectivity index (χ1n) is 12.3. The molecule has 3 aromatic rings. The van der Waals surface area contributed by atoms with E-state index in [1.807, 2.05) is 4.90 Å². The van der Waals surface area contributed by atoms with Crippen LogP contribution in [0.5, 0.6) is 0 Å². The molecule has 8 heteroatoms. The Kier molecular flexibility index (Phi) is 6.56. The number of halogens is 2. The Morgan fingerprint density at radius 3 is 2.43 bits per heavy atom. The third-order valence-corrected chi connectivity index (χ3v) is 7.17. The Balaban J connectivity index is 1.42. The van der Waals surface area contributed by atoms with Crippen LogP contribution in [-0.4, -0.2) is 59.9 Å². The Morgan fingerprint density at radius 2 is 1.71 bits per heavy atom. The average molecular weight is 480 g/mol. The van der Waals surface area contributed by atoms with Gasteiger partial charge in [0.25, 0.3) is 5.91 Å². The monoisotopic (exact) mass is 479 g/mol. The number of aryl methyl sites for hydroxylation is 2. The number of nitrogens with one attached hydrogen (secondary N) is 1. The van der Waals surface area contributed by atoms with Crippen molar-refractivity contribution in [2.75, 3.05) is 44.2 Å². The fraction of sp³-hybridized carbons (Fsp3) is 0.407. The lowest BCUT2D eigenvalue weighted by molar-refractivity contribution is 0.0744. The highest BCUT2D eigenvalue weighted by Gasteiger charge is 2.31. The number of piperazine rings is 1. The number of aromatic nitrogens is 2. The van der Waals surface area contributed by atoms with E-state index in [0.29, 0.717) is 18.7 Å². The summed E-state index contributed by atoms with van der Waals surface area (Å²) >= 11 is 0. The third kappa shape index (κ3) is 4.67. The fourth-order valence-electron chi connectivity index (χ4n) is 5.24. The van der Waals surface area contributed by atoms with Crippen LogP contribution in [0.1, 0.15) is 45.9 Å². The first-order valence-corrected chi connectivity index (χ1v) is 12.3. The lowest BCUT2D eigenvalue weighted by atomic mass is 9.91. The van der Waals surface area contributed by atoms with E-state index in [1.165, 1.54) is 33.6 Å². The summed E-state index contributed by atoms with van der Waals surface area (Å²) in [5, 5.41) is 7.77. The van der Waals surface area contributed by atoms with E-state index < -0.39 is 11.6 Å². The second-order valence-electron chi connectivity index (χ2n) is 9.54. The van der Waals surface area contributed by atoms with Crippen LogP contribution in [0.25, 0.3) is 5.69 Å². The number of carbonyl (C=O) groups is 1. The fourth-order valence-corrected chi connectivity index (χ4v) is 5.24. The Bertz CT molecular complexity index is 1230. The zero-order valence-electron chi connectivity index (χ0n) is 20.2. The topological polar surface area (TPSA) is 53.4 Å². The molecule has 0 atom stereocenters. The van der Waals surface area contributed by atoms with Gasteiger partial charge in [-0.2, -0.15) is 5.10 Å². The van der Waals surface area contributed by atoms with Crippen molar-refractivity contribution in [3.63, 3.8) is 0 Å². The molecule has 0 saturated carbocycles. The summed E-state index contributed by atoms with van der Waals surface area (Å²) in [6, 6.07) is 9.92. The molecular formula is C27H31F2N5O. The molecule has 3 heterocycles. The van der Waals surface area contributed by atoms with Gasteiger partial charge in [0.05, 0.1) is 17.5 Å². The largest absolute Gasteiger partial charge is 0.368 e. The van der Waals surface area contributed by atoms with Gasteiger partial charge in [0.2, 0.25) is 0 Å². The van der Waals surface area contributed by atoms with E-state index >= 15 is 0 Å². The lowest BCUT2D eigenvalue weighted by Gasteiger charge is -2.37. The van der Waals surface area contributed by atoms with Gasteiger partial charge >= 0.3 is 0 Å². The summed E-state index contributed by atoms with van der Waals surface area (Å²) in [6.45, 7) is 8.56. The number of nitrogens with zero attached hydrogens (tertiary/aromatic N) is 4. The summed E-state index contributed by atoms with van der Waals surface area (Å²) in [4.78, 5) is 17.9. The van der Waals surface area contributed by atoms with Crippen molar-refractivity contribution < 1.29 is 13.6 Å². The highest BCUT2D eigenvalue weighted by atomic mass is 19.1. The standard InChI is InChI=1S/C27H31F2N5O/c1-18-3-4-19(2)25(15-18)32-11-13-33(14-12-32)27(35)22-17-31-34(24-6-5-21(28)16-23(24)29)26(22)20-7-9-30-10-8-20/h3-6,15-17,20,30H,7-14H2,1-2H3. The van der Waals surface area contributed by atoms with Gasteiger partial charge < -0.3 is 15.1 Å². The smallest absolute Gasteiger partial charge is 0.257 e. The number of benzene rings is 2. The third-order valence-electron chi connectivity index (χ3n) is 7.17. The molecule has 6 nitrogen and oxygen atoms in total. The van der Waals surface area contributed by atoms with E-state index in [0.717, 1.165) is 50.8 Å². The quantitative estimate of drug-likeness (QED) is 0.610. The predicted molar refractivity (Wildman–Crippen MR) is 132 cm³/mol. The second-order valence-corrected chi connectivity index (χ2v) is 9.54. The Hall–Kier alpha value is -3.26. The molecule has 1 amide bonds. The van der Waals surface area contributed by atoms with Crippen LogP contribution < -0.4 is 10.2 Å². The Morgan fingerprint density at radius 1 is 0.971 bits per heavy atom. The van der Waals surface area contributed by atoms with Crippen molar-refractivity contribution in [2.24, 2.45) is 0 Å². The molecule has 1 N–H and O–H groups in total. The van der Waals surface area contributed by atoms with E-state index in [2.05, 4.69) is 47.4 Å². The number of hydrogen-bond donors (Lipinski definition) is 1. The normalized spacial score (nSPS) is 17.1. The number of rotatable bonds is 4. The van der Waals surface area contributed by atoms with Crippen LogP contribution >= 0.6 is 0 Å². The number of amides is 1. The number of anilines is 1. The van der Waals surface area contributed by atoms with Crippen LogP contribution in [-0.2, 0) is 0 Å². The van der Waals surface area contributed by atoms with Crippen molar-refractivity contribution >= 4 is 11.6 Å². The molecule has 1 aromatic heterocycles. The van der Waals surface area contributed by atoms with Crippen molar-refractivity contribution in [1.82, 2.24) is 20.0 Å². The first kappa shape index (κ1) is 23.5. The molecule has 184 valence electrons. The molecule has 2 aliphatic rings. The van der Waals surface area contributed by atoms with Crippen LogP contribution in [0.2, 0.25) is 0 Å². The van der Waals surface area contributed by atoms with Gasteiger partial charge in [0, 0.05) is 43.9 Å². The summed E-state index contributed by atoms with van der Waals surface area (Å²) < 4.78 is 29.8. The van der Waals surface area contributed by atoms with Gasteiger partial charge in [0.15, 0.2) is 5.82 Å². The molecule has 0 aliphatic carbocycles. The molecule has 0 bridgehead atoms. The van der Waals surface area contributed by atoms with Crippen molar-refractivity contribution in [3.05, 3.63) is 76.6 Å². The molecule has 2 aliphatic heterocycles. The Labute approximate surface area is 204 Å². The van der Waals surface area contributed by atoms with E-state index in [4.69, 9.17) is 0 Å². The molecule has 0 radical (unpaired) electrons. The number of carbonyl (C=O) groups excluding carboxylic acids is 1. The molecule has 35 heavy (non-hydrogen) atoms. The van der Waals surface area contributed by atoms with Crippen LogP contribution in [0, 0.1) is 25.5 Å². The molecule has 0 spiro atoms. The SMILES string of the molecule is Cc1ccc(C)c(N2CCN(C(=O)c3cnn(-c4ccc(F)cc4F)c3C3CCNCC3)CC2)c1. The van der Waals surface area contributed by atoms with Gasteiger partial charge in [-0.3, -0.25) is 4.79 Å². The van der Waals surface area contributed by atoms with Crippen LogP contribution in [0.3, 0.4) is 0 Å². The van der Waals surface area contributed by atoms with E-state index in [9.17, 15) is 13.6 Å². The highest BCUT2D eigenvalue weighted by molar-refractivity contribution is 5.95. The summed E-state index contributed by atoms with van der Waals surface area (Å²) in [6.07, 6.45) is 3.21. The maximum absolute atomic E-state index is 14.7. The van der Waals surface area contributed by atoms with Gasteiger partial charge in [-0.05, 0) is 69.1 Å². The zero-order chi connectivity index (χ0) is 24.5. The van der Waals surface area contributed by atoms with Crippen LogP contribution in [0.4, 0.5) is 14.5 Å². The average Bonchev–Trinajstić information content (AvgIpc) is 3.30. The molecule has 5 rings (SSSR count). The van der Waals surface area contributed by atoms with Gasteiger partial charge in [-0.1, -0.05) is 12.1 Å². The molecular weight excluding hydrogens is 448 g/mol.